The Morgan fingerprint density at radius 3 is 1.75 bits per heavy atom. The predicted octanol–water partition coefficient (Wildman–Crippen LogP) is 3.88. The lowest BCUT2D eigenvalue weighted by atomic mass is 9.94. The molecule has 0 aromatic heterocycles. The highest BCUT2D eigenvalue weighted by atomic mass is 35.7. The predicted molar refractivity (Wildman–Crippen MR) is 110 cm³/mol. The van der Waals surface area contributed by atoms with E-state index < -0.39 is 29.3 Å². The van der Waals surface area contributed by atoms with Crippen LogP contribution in [0.25, 0.3) is 32.3 Å². The molecule has 146 valence electrons. The van der Waals surface area contributed by atoms with Gasteiger partial charge in [-0.15, -0.1) is 0 Å². The molecular formula is C17H10Cl2O6S3. The molecule has 0 amide bonds. The van der Waals surface area contributed by atoms with Crippen molar-refractivity contribution in [1.82, 2.24) is 0 Å². The smallest absolute Gasteiger partial charge is 0.262 e. The maximum absolute atomic E-state index is 12.3. The fraction of sp³-hybridized carbons (Fsp3) is 0.0588. The minimum Gasteiger partial charge on any atom is -0.612 e. The van der Waals surface area contributed by atoms with E-state index in [9.17, 15) is 26.5 Å². The van der Waals surface area contributed by atoms with Gasteiger partial charge in [0.2, 0.25) is 0 Å². The monoisotopic (exact) mass is 476 g/mol. The molecule has 0 aliphatic rings. The van der Waals surface area contributed by atoms with E-state index >= 15 is 0 Å². The van der Waals surface area contributed by atoms with Crippen LogP contribution >= 0.6 is 21.4 Å². The van der Waals surface area contributed by atoms with Gasteiger partial charge in [0.25, 0.3) is 18.1 Å². The van der Waals surface area contributed by atoms with Crippen molar-refractivity contribution in [3.63, 3.8) is 0 Å². The van der Waals surface area contributed by atoms with Crippen LogP contribution in [0.2, 0.25) is 0 Å². The largest absolute Gasteiger partial charge is 0.612 e. The number of phenols is 1. The molecule has 4 rings (SSSR count). The summed E-state index contributed by atoms with van der Waals surface area (Å²) in [4.78, 5) is -0.341. The van der Waals surface area contributed by atoms with Crippen LogP contribution in [0.4, 0.5) is 0 Å². The molecule has 0 saturated heterocycles. The van der Waals surface area contributed by atoms with Crippen LogP contribution in [0.1, 0.15) is 0 Å². The molecule has 0 bridgehead atoms. The maximum atomic E-state index is 12.3. The Kier molecular flexibility index (Phi) is 4.42. The lowest BCUT2D eigenvalue weighted by molar-refractivity contribution is 0.480. The van der Waals surface area contributed by atoms with Gasteiger partial charge >= 0.3 is 0 Å². The molecule has 0 fully saturated rings. The van der Waals surface area contributed by atoms with E-state index in [2.05, 4.69) is 0 Å². The zero-order valence-electron chi connectivity index (χ0n) is 13.9. The summed E-state index contributed by atoms with van der Waals surface area (Å²) in [7, 11) is 2.72. The van der Waals surface area contributed by atoms with Crippen LogP contribution in [-0.4, -0.2) is 32.8 Å². The van der Waals surface area contributed by atoms with Crippen molar-refractivity contribution in [2.24, 2.45) is 0 Å². The van der Waals surface area contributed by atoms with Crippen molar-refractivity contribution < 1.29 is 26.5 Å². The van der Waals surface area contributed by atoms with Crippen LogP contribution in [0.3, 0.4) is 0 Å². The van der Waals surface area contributed by atoms with Crippen LogP contribution in [0.5, 0.6) is 5.75 Å². The van der Waals surface area contributed by atoms with Gasteiger partial charge in [-0.25, -0.2) is 16.8 Å². The van der Waals surface area contributed by atoms with Gasteiger partial charge in [0.15, 0.2) is 4.90 Å². The SMILES string of the molecule is C[S+]([O-])c1cc(S(=O)(=O)Cl)c2ccc3c(O)cc(S(=O)(=O)Cl)c4ccc1c2c34. The summed E-state index contributed by atoms with van der Waals surface area (Å²) in [6, 6.07) is 8.27. The van der Waals surface area contributed by atoms with Crippen LogP contribution in [-0.2, 0) is 29.3 Å². The first-order valence-corrected chi connectivity index (χ1v) is 13.8. The number of hydrogen-bond acceptors (Lipinski definition) is 6. The Labute approximate surface area is 172 Å². The molecule has 0 heterocycles. The number of aromatic hydroxyl groups is 1. The standard InChI is InChI=1S/C17H10Cl2O6S3/c1-26(21)13-7-15(28(19,24)25)11-4-2-8-12(20)6-14(27(18,22)23)10-5-3-9(13)17(11)16(8)10/h2-7,20H,1H3. The van der Waals surface area contributed by atoms with Crippen LogP contribution in [0, 0.1) is 0 Å². The second-order valence-electron chi connectivity index (χ2n) is 6.17. The van der Waals surface area contributed by atoms with Gasteiger partial charge in [0.1, 0.15) is 12.0 Å². The van der Waals surface area contributed by atoms with E-state index in [1.807, 2.05) is 0 Å². The van der Waals surface area contributed by atoms with Gasteiger partial charge in [0, 0.05) is 65.8 Å². The third-order valence-electron chi connectivity index (χ3n) is 4.60. The molecular weight excluding hydrogens is 467 g/mol. The molecule has 0 spiro atoms. The molecule has 0 aliphatic carbocycles. The number of rotatable bonds is 3. The molecule has 6 nitrogen and oxygen atoms in total. The van der Waals surface area contributed by atoms with E-state index in [1.54, 1.807) is 6.07 Å². The van der Waals surface area contributed by atoms with Crippen molar-refractivity contribution in [2.75, 3.05) is 6.26 Å². The summed E-state index contributed by atoms with van der Waals surface area (Å²) in [5.74, 6) is -0.334. The molecule has 1 unspecified atom stereocenters. The van der Waals surface area contributed by atoms with E-state index in [1.165, 1.54) is 30.5 Å². The fourth-order valence-corrected chi connectivity index (χ4v) is 6.50. The van der Waals surface area contributed by atoms with E-state index in [4.69, 9.17) is 21.4 Å². The Balaban J connectivity index is 2.42. The maximum Gasteiger partial charge on any atom is 0.262 e. The normalized spacial score (nSPS) is 14.3. The quantitative estimate of drug-likeness (QED) is 0.272. The zero-order valence-corrected chi connectivity index (χ0v) is 17.9. The lowest BCUT2D eigenvalue weighted by Gasteiger charge is -2.17. The van der Waals surface area contributed by atoms with Gasteiger partial charge in [-0.2, -0.15) is 0 Å². The van der Waals surface area contributed by atoms with E-state index in [-0.39, 0.29) is 31.2 Å². The summed E-state index contributed by atoms with van der Waals surface area (Å²) < 4.78 is 60.6. The van der Waals surface area contributed by atoms with Crippen molar-refractivity contribution in [3.05, 3.63) is 36.4 Å². The minimum atomic E-state index is -4.21. The topological polar surface area (TPSA) is 112 Å². The number of halogens is 2. The van der Waals surface area contributed by atoms with Gasteiger partial charge in [-0.3, -0.25) is 0 Å². The molecule has 1 N–H and O–H groups in total. The van der Waals surface area contributed by atoms with Crippen LogP contribution < -0.4 is 0 Å². The average molecular weight is 477 g/mol. The zero-order chi connectivity index (χ0) is 20.6. The summed E-state index contributed by atoms with van der Waals surface area (Å²) >= 11 is -1.56. The molecule has 4 aromatic carbocycles. The molecule has 28 heavy (non-hydrogen) atoms. The Morgan fingerprint density at radius 1 is 0.821 bits per heavy atom. The lowest BCUT2D eigenvalue weighted by Crippen LogP contribution is -2.04. The summed E-state index contributed by atoms with van der Waals surface area (Å²) in [5, 5.41) is 12.2. The number of hydrogen-bond donors (Lipinski definition) is 1. The van der Waals surface area contributed by atoms with E-state index in [0.29, 0.717) is 21.5 Å². The summed E-state index contributed by atoms with van der Waals surface area (Å²) in [6.07, 6.45) is 1.39. The van der Waals surface area contributed by atoms with Gasteiger partial charge in [0.05, 0.1) is 9.79 Å². The van der Waals surface area contributed by atoms with Crippen molar-refractivity contribution in [2.45, 2.75) is 14.7 Å². The second kappa shape index (κ2) is 6.25. The molecule has 0 aliphatic heterocycles. The fourth-order valence-electron chi connectivity index (χ4n) is 3.52. The van der Waals surface area contributed by atoms with Gasteiger partial charge < -0.3 is 9.66 Å². The first-order chi connectivity index (χ1) is 12.9. The van der Waals surface area contributed by atoms with Gasteiger partial charge in [-0.05, 0) is 23.3 Å². The average Bonchev–Trinajstić information content (AvgIpc) is 2.58. The van der Waals surface area contributed by atoms with Crippen LogP contribution in [0.15, 0.2) is 51.1 Å². The molecule has 11 heteroatoms. The minimum absolute atomic E-state index is 0.206. The summed E-state index contributed by atoms with van der Waals surface area (Å²) in [6.45, 7) is 0. The Hall–Kier alpha value is -1.49. The second-order valence-corrected chi connectivity index (χ2v) is 12.6. The highest BCUT2D eigenvalue weighted by Gasteiger charge is 2.27. The summed E-state index contributed by atoms with van der Waals surface area (Å²) in [5.41, 5.74) is 0. The first-order valence-electron chi connectivity index (χ1n) is 7.61. The Morgan fingerprint density at radius 2 is 1.25 bits per heavy atom. The highest BCUT2D eigenvalue weighted by molar-refractivity contribution is 8.14. The van der Waals surface area contributed by atoms with E-state index in [0.717, 1.165) is 6.07 Å². The van der Waals surface area contributed by atoms with Crippen molar-refractivity contribution >= 4 is 83.0 Å². The number of phenolic OH excluding ortho intramolecular Hbond substituents is 1. The van der Waals surface area contributed by atoms with Gasteiger partial charge in [-0.1, -0.05) is 12.1 Å². The number of benzene rings is 4. The molecule has 0 radical (unpaired) electrons. The third kappa shape index (κ3) is 2.89. The molecule has 1 atom stereocenters. The van der Waals surface area contributed by atoms with Crippen molar-refractivity contribution in [1.29, 1.82) is 0 Å². The first kappa shape index (κ1) is 19.8. The van der Waals surface area contributed by atoms with Crippen molar-refractivity contribution in [3.8, 4) is 5.75 Å². The Bertz CT molecular complexity index is 1490. The third-order valence-corrected chi connectivity index (χ3v) is 8.28. The molecule has 0 saturated carbocycles. The molecule has 4 aromatic rings. The highest BCUT2D eigenvalue weighted by Crippen LogP contribution is 2.45.